The number of alkyl halides is 1. The predicted molar refractivity (Wildman–Crippen MR) is 148 cm³/mol. The van der Waals surface area contributed by atoms with Crippen molar-refractivity contribution >= 4 is 39.4 Å². The number of ketones is 2. The van der Waals surface area contributed by atoms with Gasteiger partial charge < -0.3 is 19.7 Å². The SMILES string of the molecule is CCC(=O)C(Br)C(=O)c1ncc(CCN(C)C(=O)OCc2ccccc2)nc1NCc1ccc(OC)cc1. The minimum Gasteiger partial charge on any atom is -0.497 e. The molecule has 200 valence electrons. The monoisotopic (exact) mass is 582 g/mol. The number of halogens is 1. The second-order valence-corrected chi connectivity index (χ2v) is 9.43. The van der Waals surface area contributed by atoms with Crippen molar-refractivity contribution in [2.24, 2.45) is 0 Å². The fraction of sp³-hybridized carbons (Fsp3) is 0.321. The Morgan fingerprint density at radius 1 is 1.05 bits per heavy atom. The number of likely N-dealkylation sites (N-methyl/N-ethyl adjacent to an activating group) is 1. The lowest BCUT2D eigenvalue weighted by Crippen LogP contribution is -2.30. The van der Waals surface area contributed by atoms with Gasteiger partial charge in [-0.05, 0) is 23.3 Å². The summed E-state index contributed by atoms with van der Waals surface area (Å²) in [4.78, 5) is 46.9. The first-order valence-electron chi connectivity index (χ1n) is 12.2. The normalized spacial score (nSPS) is 11.4. The Morgan fingerprint density at radius 2 is 1.76 bits per heavy atom. The Morgan fingerprint density at radius 3 is 2.42 bits per heavy atom. The van der Waals surface area contributed by atoms with Crippen molar-refractivity contribution in [2.45, 2.75) is 37.7 Å². The van der Waals surface area contributed by atoms with Gasteiger partial charge in [-0.15, -0.1) is 0 Å². The van der Waals surface area contributed by atoms with Crippen LogP contribution in [-0.4, -0.2) is 58.1 Å². The summed E-state index contributed by atoms with van der Waals surface area (Å²) in [6.07, 6.45) is 1.65. The first-order chi connectivity index (χ1) is 18.3. The van der Waals surface area contributed by atoms with Crippen molar-refractivity contribution in [3.8, 4) is 5.75 Å². The quantitative estimate of drug-likeness (QED) is 0.173. The van der Waals surface area contributed by atoms with E-state index in [4.69, 9.17) is 9.47 Å². The van der Waals surface area contributed by atoms with E-state index in [2.05, 4.69) is 31.2 Å². The standard InChI is InChI=1S/C28H31BrN4O5/c1-4-23(34)24(29)26(35)25-27(31-16-19-10-12-22(37-3)13-11-19)32-21(17-30-25)14-15-33(2)28(36)38-18-20-8-6-5-7-9-20/h5-13,17,24H,4,14-16,18H2,1-3H3,(H,31,32). The molecule has 3 aromatic rings. The highest BCUT2D eigenvalue weighted by molar-refractivity contribution is 9.10. The number of anilines is 1. The molecule has 10 heteroatoms. The van der Waals surface area contributed by atoms with Crippen LogP contribution in [0.2, 0.25) is 0 Å². The van der Waals surface area contributed by atoms with E-state index in [1.54, 1.807) is 21.1 Å². The van der Waals surface area contributed by atoms with E-state index < -0.39 is 16.7 Å². The molecule has 1 unspecified atom stereocenters. The number of ether oxygens (including phenoxy) is 2. The highest BCUT2D eigenvalue weighted by Gasteiger charge is 2.27. The number of nitrogens with one attached hydrogen (secondary N) is 1. The van der Waals surface area contributed by atoms with Gasteiger partial charge in [-0.1, -0.05) is 65.3 Å². The van der Waals surface area contributed by atoms with Gasteiger partial charge in [0, 0.05) is 39.2 Å². The molecule has 1 atom stereocenters. The molecule has 0 radical (unpaired) electrons. The third-order valence-electron chi connectivity index (χ3n) is 5.76. The second kappa shape index (κ2) is 14.2. The molecule has 1 amide bonds. The van der Waals surface area contributed by atoms with E-state index in [1.165, 1.54) is 11.1 Å². The molecule has 0 aliphatic heterocycles. The number of methoxy groups -OCH3 is 1. The van der Waals surface area contributed by atoms with E-state index in [1.807, 2.05) is 54.6 Å². The van der Waals surface area contributed by atoms with Crippen molar-refractivity contribution < 1.29 is 23.9 Å². The molecule has 0 fully saturated rings. The van der Waals surface area contributed by atoms with Crippen LogP contribution >= 0.6 is 15.9 Å². The van der Waals surface area contributed by atoms with Gasteiger partial charge in [-0.3, -0.25) is 9.59 Å². The van der Waals surface area contributed by atoms with Gasteiger partial charge >= 0.3 is 6.09 Å². The molecule has 0 aliphatic carbocycles. The summed E-state index contributed by atoms with van der Waals surface area (Å²) in [5.74, 6) is 0.302. The molecule has 1 heterocycles. The first-order valence-corrected chi connectivity index (χ1v) is 13.1. The van der Waals surface area contributed by atoms with Gasteiger partial charge in [0.2, 0.25) is 5.78 Å². The van der Waals surface area contributed by atoms with Crippen LogP contribution in [0.15, 0.2) is 60.8 Å². The van der Waals surface area contributed by atoms with Crippen LogP contribution in [0.4, 0.5) is 10.6 Å². The van der Waals surface area contributed by atoms with Crippen LogP contribution in [0.25, 0.3) is 0 Å². The average Bonchev–Trinajstić information content (AvgIpc) is 2.97. The van der Waals surface area contributed by atoms with Gasteiger partial charge in [0.1, 0.15) is 22.9 Å². The lowest BCUT2D eigenvalue weighted by atomic mass is 10.1. The number of rotatable bonds is 13. The van der Waals surface area contributed by atoms with Crippen LogP contribution in [0.1, 0.15) is 40.7 Å². The molecule has 1 aromatic heterocycles. The van der Waals surface area contributed by atoms with Crippen molar-refractivity contribution in [3.63, 3.8) is 0 Å². The molecular formula is C28H31BrN4O5. The lowest BCUT2D eigenvalue weighted by Gasteiger charge is -2.17. The number of Topliss-reactive ketones (excluding diaryl/α,β-unsaturated/α-hetero) is 2. The van der Waals surface area contributed by atoms with Crippen LogP contribution in [0, 0.1) is 0 Å². The minimum absolute atomic E-state index is 0.0709. The summed E-state index contributed by atoms with van der Waals surface area (Å²) in [5.41, 5.74) is 2.49. The summed E-state index contributed by atoms with van der Waals surface area (Å²) in [7, 11) is 3.24. The molecular weight excluding hydrogens is 552 g/mol. The Labute approximate surface area is 230 Å². The van der Waals surface area contributed by atoms with Gasteiger partial charge in [-0.25, -0.2) is 14.8 Å². The molecule has 0 aliphatic rings. The summed E-state index contributed by atoms with van der Waals surface area (Å²) < 4.78 is 10.6. The minimum atomic E-state index is -1.00. The van der Waals surface area contributed by atoms with Crippen LogP contribution in [0.3, 0.4) is 0 Å². The third kappa shape index (κ3) is 8.11. The van der Waals surface area contributed by atoms with Crippen LogP contribution in [-0.2, 0) is 29.1 Å². The highest BCUT2D eigenvalue weighted by atomic mass is 79.9. The Hall–Kier alpha value is -3.79. The zero-order valence-electron chi connectivity index (χ0n) is 21.6. The number of benzene rings is 2. The molecule has 0 bridgehead atoms. The number of carbonyl (C=O) groups is 3. The molecule has 3 rings (SSSR count). The summed E-state index contributed by atoms with van der Waals surface area (Å²) in [6.45, 7) is 2.60. The molecule has 1 N–H and O–H groups in total. The average molecular weight is 583 g/mol. The second-order valence-electron chi connectivity index (χ2n) is 8.52. The molecule has 2 aromatic carbocycles. The Balaban J connectivity index is 1.70. The van der Waals surface area contributed by atoms with E-state index >= 15 is 0 Å². The maximum Gasteiger partial charge on any atom is 0.409 e. The Bertz CT molecular complexity index is 1240. The maximum absolute atomic E-state index is 13.0. The number of hydrogen-bond acceptors (Lipinski definition) is 8. The third-order valence-corrected chi connectivity index (χ3v) is 6.68. The van der Waals surface area contributed by atoms with Crippen molar-refractivity contribution in [3.05, 3.63) is 83.3 Å². The van der Waals surface area contributed by atoms with E-state index in [0.29, 0.717) is 25.2 Å². The van der Waals surface area contributed by atoms with Gasteiger partial charge in [0.15, 0.2) is 11.6 Å². The molecule has 0 saturated carbocycles. The van der Waals surface area contributed by atoms with Crippen molar-refractivity contribution in [1.29, 1.82) is 0 Å². The Kier molecular flexibility index (Phi) is 10.8. The fourth-order valence-corrected chi connectivity index (χ4v) is 3.97. The van der Waals surface area contributed by atoms with Crippen molar-refractivity contribution in [2.75, 3.05) is 26.0 Å². The van der Waals surface area contributed by atoms with Crippen molar-refractivity contribution in [1.82, 2.24) is 14.9 Å². The zero-order chi connectivity index (χ0) is 27.5. The molecule has 38 heavy (non-hydrogen) atoms. The summed E-state index contributed by atoms with van der Waals surface area (Å²) >= 11 is 3.20. The number of carbonyl (C=O) groups excluding carboxylic acids is 3. The van der Waals surface area contributed by atoms with E-state index in [0.717, 1.165) is 16.9 Å². The zero-order valence-corrected chi connectivity index (χ0v) is 23.2. The number of aromatic nitrogens is 2. The molecule has 0 saturated heterocycles. The summed E-state index contributed by atoms with van der Waals surface area (Å²) in [6, 6.07) is 16.9. The fourth-order valence-electron chi connectivity index (χ4n) is 3.43. The first kappa shape index (κ1) is 28.8. The topological polar surface area (TPSA) is 111 Å². The largest absolute Gasteiger partial charge is 0.497 e. The van der Waals surface area contributed by atoms with Crippen LogP contribution in [0.5, 0.6) is 5.75 Å². The highest BCUT2D eigenvalue weighted by Crippen LogP contribution is 2.20. The molecule has 9 nitrogen and oxygen atoms in total. The maximum atomic E-state index is 13.0. The number of amides is 1. The van der Waals surface area contributed by atoms with Gasteiger partial charge in [0.25, 0.3) is 0 Å². The van der Waals surface area contributed by atoms with Crippen LogP contribution < -0.4 is 10.1 Å². The van der Waals surface area contributed by atoms with Gasteiger partial charge in [-0.2, -0.15) is 0 Å². The number of hydrogen-bond donors (Lipinski definition) is 1. The summed E-state index contributed by atoms with van der Waals surface area (Å²) in [5, 5.41) is 3.18. The smallest absolute Gasteiger partial charge is 0.409 e. The van der Waals surface area contributed by atoms with E-state index in [9.17, 15) is 14.4 Å². The lowest BCUT2D eigenvalue weighted by molar-refractivity contribution is -0.117. The van der Waals surface area contributed by atoms with Gasteiger partial charge in [0.05, 0.1) is 12.8 Å². The van der Waals surface area contributed by atoms with E-state index in [-0.39, 0.29) is 30.3 Å². The number of nitrogens with zero attached hydrogens (tertiary/aromatic N) is 3. The molecule has 0 spiro atoms. The predicted octanol–water partition coefficient (Wildman–Crippen LogP) is 4.83.